The van der Waals surface area contributed by atoms with Gasteiger partial charge >= 0.3 is 0 Å². The van der Waals surface area contributed by atoms with Gasteiger partial charge in [-0.25, -0.2) is 8.42 Å². The fraction of sp³-hybridized carbons (Fsp3) is 0.533. The Morgan fingerprint density at radius 3 is 2.76 bits per heavy atom. The van der Waals surface area contributed by atoms with Gasteiger partial charge in [-0.1, -0.05) is 20.8 Å². The second-order valence-electron chi connectivity index (χ2n) is 6.65. The van der Waals surface area contributed by atoms with Crippen LogP contribution in [0.4, 0.5) is 0 Å². The van der Waals surface area contributed by atoms with Crippen LogP contribution in [0.3, 0.4) is 0 Å². The van der Waals surface area contributed by atoms with Gasteiger partial charge in [0.2, 0.25) is 5.88 Å². The van der Waals surface area contributed by atoms with Crippen LogP contribution in [0, 0.1) is 0 Å². The number of aromatic nitrogens is 2. The lowest BCUT2D eigenvalue weighted by molar-refractivity contribution is 0.215. The van der Waals surface area contributed by atoms with E-state index < -0.39 is 9.84 Å². The molecule has 2 aromatic heterocycles. The summed E-state index contributed by atoms with van der Waals surface area (Å²) in [7, 11) is -2.96. The molecule has 21 heavy (non-hydrogen) atoms. The molecule has 1 unspecified atom stereocenters. The summed E-state index contributed by atoms with van der Waals surface area (Å²) in [5.41, 5.74) is 1.64. The molecule has 1 N–H and O–H groups in total. The molecule has 5 nitrogen and oxygen atoms in total. The smallest absolute Gasteiger partial charge is 0.219 e. The quantitative estimate of drug-likeness (QED) is 0.925. The zero-order valence-corrected chi connectivity index (χ0v) is 13.3. The highest BCUT2D eigenvalue weighted by molar-refractivity contribution is 7.91. The number of aromatic amines is 1. The number of pyridine rings is 1. The molecule has 0 radical (unpaired) electrons. The second kappa shape index (κ2) is 4.73. The lowest BCUT2D eigenvalue weighted by Gasteiger charge is -2.23. The molecule has 0 aliphatic carbocycles. The van der Waals surface area contributed by atoms with E-state index in [1.54, 1.807) is 0 Å². The number of hydrogen-bond donors (Lipinski definition) is 1. The molecule has 0 spiro atoms. The van der Waals surface area contributed by atoms with Gasteiger partial charge in [-0.3, -0.25) is 0 Å². The molecule has 0 aromatic carbocycles. The van der Waals surface area contributed by atoms with Crippen LogP contribution in [-0.2, 0) is 15.3 Å². The summed E-state index contributed by atoms with van der Waals surface area (Å²) >= 11 is 0. The molecule has 1 fully saturated rings. The number of fused-ring (bicyclic) bond motifs is 1. The lowest BCUT2D eigenvalue weighted by Crippen LogP contribution is -2.22. The van der Waals surface area contributed by atoms with Crippen LogP contribution >= 0.6 is 0 Å². The van der Waals surface area contributed by atoms with Crippen molar-refractivity contribution in [1.82, 2.24) is 9.97 Å². The minimum Gasteiger partial charge on any atom is -0.473 e. The molecule has 3 rings (SSSR count). The molecule has 1 atom stereocenters. The fourth-order valence-electron chi connectivity index (χ4n) is 2.60. The topological polar surface area (TPSA) is 72.0 Å². The fourth-order valence-corrected chi connectivity index (χ4v) is 4.19. The number of hydrogen-bond acceptors (Lipinski definition) is 4. The van der Waals surface area contributed by atoms with Crippen LogP contribution in [0.25, 0.3) is 11.0 Å². The van der Waals surface area contributed by atoms with E-state index in [1.807, 2.05) is 12.3 Å². The van der Waals surface area contributed by atoms with E-state index in [9.17, 15) is 8.42 Å². The Labute approximate surface area is 124 Å². The number of ether oxygens (including phenoxy) is 1. The van der Waals surface area contributed by atoms with Crippen LogP contribution in [-0.4, -0.2) is 36.0 Å². The third kappa shape index (κ3) is 2.90. The Bertz CT molecular complexity index is 772. The van der Waals surface area contributed by atoms with Gasteiger partial charge in [-0.05, 0) is 24.0 Å². The Balaban J connectivity index is 2.00. The molecule has 0 amide bonds. The van der Waals surface area contributed by atoms with Crippen molar-refractivity contribution >= 4 is 20.9 Å². The maximum atomic E-state index is 11.6. The predicted octanol–water partition coefficient (Wildman–Crippen LogP) is 2.43. The van der Waals surface area contributed by atoms with Gasteiger partial charge in [-0.2, -0.15) is 4.98 Å². The maximum Gasteiger partial charge on any atom is 0.219 e. The molecule has 0 bridgehead atoms. The van der Waals surface area contributed by atoms with Crippen molar-refractivity contribution in [3.63, 3.8) is 0 Å². The maximum absolute atomic E-state index is 11.6. The van der Waals surface area contributed by atoms with Crippen molar-refractivity contribution in [3.8, 4) is 5.88 Å². The molecule has 6 heteroatoms. The zero-order chi connectivity index (χ0) is 15.3. The molecule has 1 saturated heterocycles. The summed E-state index contributed by atoms with van der Waals surface area (Å²) in [5.74, 6) is 0.827. The van der Waals surface area contributed by atoms with Gasteiger partial charge in [-0.15, -0.1) is 0 Å². The molecular formula is C15H20N2O3S. The number of nitrogens with zero attached hydrogens (tertiary/aromatic N) is 1. The van der Waals surface area contributed by atoms with E-state index in [4.69, 9.17) is 4.74 Å². The van der Waals surface area contributed by atoms with Crippen LogP contribution in [0.1, 0.15) is 32.8 Å². The third-order valence-corrected chi connectivity index (χ3v) is 5.51. The average molecular weight is 308 g/mol. The minimum absolute atomic E-state index is 0.0844. The normalized spacial score (nSPS) is 21.8. The van der Waals surface area contributed by atoms with Crippen molar-refractivity contribution in [2.45, 2.75) is 38.7 Å². The average Bonchev–Trinajstić information content (AvgIpc) is 2.93. The van der Waals surface area contributed by atoms with Crippen molar-refractivity contribution in [2.24, 2.45) is 0 Å². The number of H-pyrrole nitrogens is 1. The number of rotatable bonds is 2. The SMILES string of the molecule is CC(C)(C)c1cc2cc[nH]c2nc1OC1CCS(=O)(=O)C1. The van der Waals surface area contributed by atoms with Crippen molar-refractivity contribution in [1.29, 1.82) is 0 Å². The van der Waals surface area contributed by atoms with E-state index in [0.717, 1.165) is 16.6 Å². The van der Waals surface area contributed by atoms with E-state index in [1.165, 1.54) is 0 Å². The summed E-state index contributed by atoms with van der Waals surface area (Å²) in [6.07, 6.45) is 2.08. The predicted molar refractivity (Wildman–Crippen MR) is 82.5 cm³/mol. The van der Waals surface area contributed by atoms with Gasteiger partial charge in [0.25, 0.3) is 0 Å². The van der Waals surface area contributed by atoms with E-state index in [2.05, 4.69) is 36.8 Å². The Morgan fingerprint density at radius 2 is 2.14 bits per heavy atom. The number of nitrogens with one attached hydrogen (secondary N) is 1. The van der Waals surface area contributed by atoms with Crippen LogP contribution in [0.2, 0.25) is 0 Å². The first kappa shape index (κ1) is 14.4. The van der Waals surface area contributed by atoms with Gasteiger partial charge in [0.1, 0.15) is 11.8 Å². The van der Waals surface area contributed by atoms with E-state index in [0.29, 0.717) is 12.3 Å². The summed E-state index contributed by atoms with van der Waals surface area (Å²) in [6, 6.07) is 4.04. The van der Waals surface area contributed by atoms with E-state index in [-0.39, 0.29) is 23.0 Å². The number of sulfone groups is 1. The summed E-state index contributed by atoms with van der Waals surface area (Å²) in [6.45, 7) is 6.29. The van der Waals surface area contributed by atoms with Crippen molar-refractivity contribution in [3.05, 3.63) is 23.9 Å². The monoisotopic (exact) mass is 308 g/mol. The largest absolute Gasteiger partial charge is 0.473 e. The zero-order valence-electron chi connectivity index (χ0n) is 12.5. The molecule has 0 saturated carbocycles. The van der Waals surface area contributed by atoms with Crippen molar-refractivity contribution < 1.29 is 13.2 Å². The highest BCUT2D eigenvalue weighted by Crippen LogP contribution is 2.33. The van der Waals surface area contributed by atoms with Crippen LogP contribution < -0.4 is 4.74 Å². The Kier molecular flexibility index (Phi) is 3.24. The summed E-state index contributed by atoms with van der Waals surface area (Å²) < 4.78 is 29.1. The molecule has 2 aromatic rings. The standard InChI is InChI=1S/C15H20N2O3S/c1-15(2,3)12-8-10-4-6-16-13(10)17-14(12)20-11-5-7-21(18,19)9-11/h4,6,8,11H,5,7,9H2,1-3H3,(H,16,17). The lowest BCUT2D eigenvalue weighted by atomic mass is 9.87. The Morgan fingerprint density at radius 1 is 1.38 bits per heavy atom. The second-order valence-corrected chi connectivity index (χ2v) is 8.88. The molecule has 1 aliphatic rings. The van der Waals surface area contributed by atoms with Gasteiger partial charge in [0.05, 0.1) is 11.5 Å². The van der Waals surface area contributed by atoms with Gasteiger partial charge in [0.15, 0.2) is 9.84 Å². The van der Waals surface area contributed by atoms with Gasteiger partial charge in [0, 0.05) is 17.1 Å². The molecule has 114 valence electrons. The van der Waals surface area contributed by atoms with Crippen LogP contribution in [0.5, 0.6) is 5.88 Å². The first-order chi connectivity index (χ1) is 9.74. The Hall–Kier alpha value is -1.56. The first-order valence-electron chi connectivity index (χ1n) is 7.10. The van der Waals surface area contributed by atoms with E-state index >= 15 is 0 Å². The first-order valence-corrected chi connectivity index (χ1v) is 8.92. The minimum atomic E-state index is -2.96. The van der Waals surface area contributed by atoms with Crippen molar-refractivity contribution in [2.75, 3.05) is 11.5 Å². The summed E-state index contributed by atoms with van der Waals surface area (Å²) in [5, 5.41) is 1.03. The molecule has 1 aliphatic heterocycles. The third-order valence-electron chi connectivity index (χ3n) is 3.78. The highest BCUT2D eigenvalue weighted by Gasteiger charge is 2.31. The molecular weight excluding hydrogens is 288 g/mol. The van der Waals surface area contributed by atoms with Gasteiger partial charge < -0.3 is 9.72 Å². The molecule has 3 heterocycles. The van der Waals surface area contributed by atoms with Crippen LogP contribution in [0.15, 0.2) is 18.3 Å². The highest BCUT2D eigenvalue weighted by atomic mass is 32.2. The summed E-state index contributed by atoms with van der Waals surface area (Å²) in [4.78, 5) is 7.61.